The maximum Gasteiger partial charge on any atom is 0.338 e. The topological polar surface area (TPSA) is 173 Å². The minimum Gasteiger partial charge on any atom is -0.479 e. The maximum atomic E-state index is 12.3. The van der Waals surface area contributed by atoms with Gasteiger partial charge in [0.1, 0.15) is 4.32 Å². The van der Waals surface area contributed by atoms with Gasteiger partial charge < -0.3 is 15.5 Å². The second-order valence-electron chi connectivity index (χ2n) is 5.29. The molecule has 1 saturated heterocycles. The number of carbonyl (C=O) groups is 4. The lowest BCUT2D eigenvalue weighted by Crippen LogP contribution is -2.47. The number of terminal acetylenes is 1. The number of azide groups is 1. The summed E-state index contributed by atoms with van der Waals surface area (Å²) in [5, 5.41) is 22.8. The van der Waals surface area contributed by atoms with Crippen molar-refractivity contribution in [2.24, 2.45) is 11.0 Å². The van der Waals surface area contributed by atoms with Crippen molar-refractivity contribution in [2.45, 2.75) is 24.9 Å². The van der Waals surface area contributed by atoms with Crippen LogP contribution in [-0.4, -0.2) is 67.6 Å². The predicted molar refractivity (Wildman–Crippen MR) is 98.5 cm³/mol. The Labute approximate surface area is 163 Å². The van der Waals surface area contributed by atoms with Crippen LogP contribution in [0, 0.1) is 18.3 Å². The maximum absolute atomic E-state index is 12.3. The van der Waals surface area contributed by atoms with Crippen LogP contribution in [0.2, 0.25) is 0 Å². The summed E-state index contributed by atoms with van der Waals surface area (Å²) in [6.07, 6.45) is 4.54. The highest BCUT2D eigenvalue weighted by Gasteiger charge is 2.32. The molecule has 0 bridgehead atoms. The molecular formula is C14H15N5O6S2. The van der Waals surface area contributed by atoms with Gasteiger partial charge in [0.2, 0.25) is 17.9 Å². The summed E-state index contributed by atoms with van der Waals surface area (Å²) in [4.78, 5) is 49.9. The van der Waals surface area contributed by atoms with Crippen molar-refractivity contribution in [2.75, 3.05) is 12.3 Å². The van der Waals surface area contributed by atoms with Crippen LogP contribution in [0.4, 0.5) is 0 Å². The summed E-state index contributed by atoms with van der Waals surface area (Å²) in [5.41, 5.74) is 8.72. The van der Waals surface area contributed by atoms with E-state index in [2.05, 4.69) is 15.9 Å². The number of nitrogens with one attached hydrogen (secondary N) is 1. The van der Waals surface area contributed by atoms with Crippen molar-refractivity contribution in [3.63, 3.8) is 0 Å². The summed E-state index contributed by atoms with van der Waals surface area (Å²) in [6.45, 7) is 0.408. The van der Waals surface area contributed by atoms with Crippen molar-refractivity contribution in [3.05, 3.63) is 10.4 Å². The second kappa shape index (κ2) is 10.4. The summed E-state index contributed by atoms with van der Waals surface area (Å²) in [7, 11) is 0. The highest BCUT2D eigenvalue weighted by Crippen LogP contribution is 2.22. The standard InChI is InChI=1S/C14H15N5O6S2/c1-2-7(5-9(20)16-11(12(22)23)13(24)25)8(17-18-15)6-10(21)19-3-4-27-14(19)26/h1,7-8,11H,3-6H2,(H,16,20)(H,22,23)(H,24,25). The zero-order chi connectivity index (χ0) is 20.6. The van der Waals surface area contributed by atoms with Crippen LogP contribution in [0.3, 0.4) is 0 Å². The quantitative estimate of drug-likeness (QED) is 0.120. The van der Waals surface area contributed by atoms with Crippen molar-refractivity contribution < 1.29 is 29.4 Å². The molecule has 11 nitrogen and oxygen atoms in total. The lowest BCUT2D eigenvalue weighted by atomic mass is 9.94. The SMILES string of the molecule is C#CC(CC(=O)NC(C(=O)O)C(=O)O)C(CC(=O)N1CCSC1=S)N=[N+]=[N-]. The van der Waals surface area contributed by atoms with Crippen molar-refractivity contribution in [3.8, 4) is 12.3 Å². The fourth-order valence-corrected chi connectivity index (χ4v) is 3.43. The van der Waals surface area contributed by atoms with Gasteiger partial charge in [0, 0.05) is 36.0 Å². The van der Waals surface area contributed by atoms with Gasteiger partial charge in [-0.15, -0.1) is 12.3 Å². The van der Waals surface area contributed by atoms with Crippen molar-refractivity contribution >= 4 is 52.1 Å². The molecule has 0 radical (unpaired) electrons. The molecule has 0 aliphatic carbocycles. The largest absolute Gasteiger partial charge is 0.479 e. The predicted octanol–water partition coefficient (Wildman–Crippen LogP) is 0.209. The minimum atomic E-state index is -2.14. The van der Waals surface area contributed by atoms with E-state index < -0.39 is 48.2 Å². The number of thiocarbonyl (C=S) groups is 1. The third-order valence-corrected chi connectivity index (χ3v) is 4.96. The average Bonchev–Trinajstić information content (AvgIpc) is 3.02. The van der Waals surface area contributed by atoms with E-state index in [9.17, 15) is 19.2 Å². The third-order valence-electron chi connectivity index (χ3n) is 3.53. The molecule has 2 atom stereocenters. The van der Waals surface area contributed by atoms with Gasteiger partial charge in [-0.25, -0.2) is 9.59 Å². The van der Waals surface area contributed by atoms with E-state index in [1.54, 1.807) is 5.32 Å². The summed E-state index contributed by atoms with van der Waals surface area (Å²) in [5.74, 6) is -3.07. The highest BCUT2D eigenvalue weighted by molar-refractivity contribution is 8.23. The molecule has 0 aromatic rings. The number of aliphatic carboxylic acids is 2. The van der Waals surface area contributed by atoms with Crippen LogP contribution in [0.25, 0.3) is 10.4 Å². The smallest absolute Gasteiger partial charge is 0.338 e. The number of hydrogen-bond acceptors (Lipinski definition) is 7. The molecule has 0 aromatic heterocycles. The Hall–Kier alpha value is -2.81. The first-order valence-electron chi connectivity index (χ1n) is 7.43. The molecule has 144 valence electrons. The first-order valence-corrected chi connectivity index (χ1v) is 8.83. The molecule has 1 aliphatic heterocycles. The number of nitrogens with zero attached hydrogens (tertiary/aromatic N) is 4. The van der Waals surface area contributed by atoms with Gasteiger partial charge in [0.25, 0.3) is 0 Å². The van der Waals surface area contributed by atoms with Gasteiger partial charge in [-0.3, -0.25) is 14.5 Å². The van der Waals surface area contributed by atoms with Gasteiger partial charge in [0.15, 0.2) is 0 Å². The minimum absolute atomic E-state index is 0.297. The molecule has 0 spiro atoms. The molecule has 2 unspecified atom stereocenters. The number of thioether (sulfide) groups is 1. The number of carboxylic acid groups (broad SMARTS) is 2. The fraction of sp³-hybridized carbons (Fsp3) is 0.500. The number of hydrogen-bond donors (Lipinski definition) is 3. The lowest BCUT2D eigenvalue weighted by molar-refractivity contribution is -0.153. The lowest BCUT2D eigenvalue weighted by Gasteiger charge is -2.21. The van der Waals surface area contributed by atoms with Crippen LogP contribution in [0.15, 0.2) is 5.11 Å². The van der Waals surface area contributed by atoms with Crippen LogP contribution in [0.5, 0.6) is 0 Å². The van der Waals surface area contributed by atoms with Crippen molar-refractivity contribution in [1.29, 1.82) is 0 Å². The van der Waals surface area contributed by atoms with Gasteiger partial charge in [0.05, 0.1) is 6.04 Å². The molecule has 1 heterocycles. The van der Waals surface area contributed by atoms with Gasteiger partial charge in [-0.05, 0) is 5.53 Å². The summed E-state index contributed by atoms with van der Waals surface area (Å²) < 4.78 is 0.389. The van der Waals surface area contributed by atoms with Crippen LogP contribution in [-0.2, 0) is 19.2 Å². The van der Waals surface area contributed by atoms with E-state index >= 15 is 0 Å². The Kier molecular flexibility index (Phi) is 8.53. The van der Waals surface area contributed by atoms with E-state index in [0.29, 0.717) is 16.6 Å². The zero-order valence-corrected chi connectivity index (χ0v) is 15.4. The van der Waals surface area contributed by atoms with E-state index in [1.165, 1.54) is 16.7 Å². The summed E-state index contributed by atoms with van der Waals surface area (Å²) in [6, 6.07) is -3.23. The van der Waals surface area contributed by atoms with Crippen molar-refractivity contribution in [1.82, 2.24) is 10.2 Å². The van der Waals surface area contributed by atoms with E-state index in [-0.39, 0.29) is 6.42 Å². The molecule has 1 fully saturated rings. The highest BCUT2D eigenvalue weighted by atomic mass is 32.2. The number of amides is 2. The first-order chi connectivity index (χ1) is 12.7. The first kappa shape index (κ1) is 22.2. The van der Waals surface area contributed by atoms with E-state index in [0.717, 1.165) is 0 Å². The summed E-state index contributed by atoms with van der Waals surface area (Å²) >= 11 is 6.37. The Morgan fingerprint density at radius 1 is 1.37 bits per heavy atom. The fourth-order valence-electron chi connectivity index (χ4n) is 2.19. The Balaban J connectivity index is 2.83. The number of rotatable bonds is 9. The monoisotopic (exact) mass is 413 g/mol. The number of carboxylic acids is 2. The van der Waals surface area contributed by atoms with Gasteiger partial charge in [-0.2, -0.15) is 0 Å². The zero-order valence-electron chi connectivity index (χ0n) is 13.8. The average molecular weight is 413 g/mol. The second-order valence-corrected chi connectivity index (χ2v) is 7.02. The molecule has 0 saturated carbocycles. The Morgan fingerprint density at radius 2 is 2.00 bits per heavy atom. The van der Waals surface area contributed by atoms with Crippen LogP contribution >= 0.6 is 24.0 Å². The molecule has 0 aromatic carbocycles. The Morgan fingerprint density at radius 3 is 2.44 bits per heavy atom. The molecule has 13 heteroatoms. The molecule has 27 heavy (non-hydrogen) atoms. The van der Waals surface area contributed by atoms with Crippen LogP contribution < -0.4 is 5.32 Å². The third kappa shape index (κ3) is 6.45. The molecule has 2 amide bonds. The molecule has 1 aliphatic rings. The van der Waals surface area contributed by atoms with Gasteiger partial charge >= 0.3 is 11.9 Å². The van der Waals surface area contributed by atoms with Gasteiger partial charge in [-0.1, -0.05) is 29.1 Å². The van der Waals surface area contributed by atoms with E-state index in [1.807, 2.05) is 0 Å². The van der Waals surface area contributed by atoms with E-state index in [4.69, 9.17) is 34.4 Å². The molecular weight excluding hydrogens is 398 g/mol. The normalized spacial score (nSPS) is 15.4. The Bertz CT molecular complexity index is 731. The number of carbonyl (C=O) groups excluding carboxylic acids is 2. The molecule has 1 rings (SSSR count). The molecule has 3 N–H and O–H groups in total. The van der Waals surface area contributed by atoms with Crippen LogP contribution in [0.1, 0.15) is 12.8 Å².